The lowest BCUT2D eigenvalue weighted by Gasteiger charge is -2.20. The molecular weight excluding hydrogens is 264 g/mol. The number of aromatic nitrogens is 1. The van der Waals surface area contributed by atoms with E-state index in [2.05, 4.69) is 15.7 Å². The van der Waals surface area contributed by atoms with Crippen LogP contribution < -0.4 is 5.32 Å². The van der Waals surface area contributed by atoms with Crippen molar-refractivity contribution in [1.82, 2.24) is 10.3 Å². The molecule has 0 saturated carbocycles. The minimum Gasteiger partial charge on any atom is -0.351 e. The Morgan fingerprint density at radius 1 is 1.39 bits per heavy atom. The minimum absolute atomic E-state index is 0.0182. The smallest absolute Gasteiger partial charge is 0.226 e. The summed E-state index contributed by atoms with van der Waals surface area (Å²) in [6.45, 7) is 5.92. The summed E-state index contributed by atoms with van der Waals surface area (Å²) in [6.07, 6.45) is 0.345. The van der Waals surface area contributed by atoms with E-state index in [-0.39, 0.29) is 11.4 Å². The van der Waals surface area contributed by atoms with E-state index in [0.29, 0.717) is 6.42 Å². The van der Waals surface area contributed by atoms with E-state index in [1.54, 1.807) is 22.7 Å². The molecule has 3 nitrogen and oxygen atoms in total. The molecule has 2 aromatic heterocycles. The van der Waals surface area contributed by atoms with Crippen LogP contribution in [0.1, 0.15) is 26.5 Å². The van der Waals surface area contributed by atoms with Crippen LogP contribution >= 0.6 is 22.7 Å². The fraction of sp³-hybridized carbons (Fsp3) is 0.385. The number of nitrogens with one attached hydrogen (secondary N) is 1. The average Bonchev–Trinajstić information content (AvgIpc) is 2.82. The van der Waals surface area contributed by atoms with Crippen LogP contribution in [0.5, 0.6) is 0 Å². The van der Waals surface area contributed by atoms with Gasteiger partial charge in [0.05, 0.1) is 12.1 Å². The van der Waals surface area contributed by atoms with Gasteiger partial charge < -0.3 is 5.32 Å². The first-order valence-corrected chi connectivity index (χ1v) is 7.54. The Morgan fingerprint density at radius 2 is 2.17 bits per heavy atom. The van der Waals surface area contributed by atoms with Gasteiger partial charge in [0.25, 0.3) is 0 Å². The Balaban J connectivity index is 2.01. The first kappa shape index (κ1) is 13.2. The zero-order chi connectivity index (χ0) is 13.2. The van der Waals surface area contributed by atoms with Crippen LogP contribution in [-0.2, 0) is 11.2 Å². The molecule has 1 amide bonds. The Hall–Kier alpha value is -1.20. The predicted molar refractivity (Wildman–Crippen MR) is 77.0 cm³/mol. The van der Waals surface area contributed by atoms with Crippen molar-refractivity contribution >= 4 is 28.6 Å². The molecule has 0 atom stereocenters. The SMILES string of the molecule is CC(C)(C)NC(=O)Cc1csc(-c2ccsc2)n1. The lowest BCUT2D eigenvalue weighted by Crippen LogP contribution is -2.41. The molecular formula is C13H16N2OS2. The quantitative estimate of drug-likeness (QED) is 0.937. The Kier molecular flexibility index (Phi) is 3.82. The van der Waals surface area contributed by atoms with Crippen LogP contribution in [0.25, 0.3) is 10.6 Å². The molecule has 2 heterocycles. The van der Waals surface area contributed by atoms with Gasteiger partial charge in [0.1, 0.15) is 5.01 Å². The molecule has 96 valence electrons. The van der Waals surface area contributed by atoms with Crippen molar-refractivity contribution in [3.05, 3.63) is 27.9 Å². The number of rotatable bonds is 3. The summed E-state index contributed by atoms with van der Waals surface area (Å²) in [5, 5.41) is 9.97. The molecule has 2 aromatic rings. The van der Waals surface area contributed by atoms with Crippen LogP contribution in [-0.4, -0.2) is 16.4 Å². The van der Waals surface area contributed by atoms with Crippen LogP contribution in [0.2, 0.25) is 0 Å². The molecule has 0 spiro atoms. The summed E-state index contributed by atoms with van der Waals surface area (Å²) in [5.41, 5.74) is 1.78. The van der Waals surface area contributed by atoms with Crippen molar-refractivity contribution < 1.29 is 4.79 Å². The van der Waals surface area contributed by atoms with Crippen LogP contribution in [0, 0.1) is 0 Å². The molecule has 2 rings (SSSR count). The normalized spacial score (nSPS) is 11.5. The van der Waals surface area contributed by atoms with Gasteiger partial charge in [-0.3, -0.25) is 4.79 Å². The number of amides is 1. The van der Waals surface area contributed by atoms with Gasteiger partial charge in [-0.15, -0.1) is 11.3 Å². The standard InChI is InChI=1S/C13H16N2OS2/c1-13(2,3)15-11(16)6-10-8-18-12(14-10)9-4-5-17-7-9/h4-5,7-8H,6H2,1-3H3,(H,15,16). The van der Waals surface area contributed by atoms with E-state index in [1.165, 1.54) is 0 Å². The zero-order valence-electron chi connectivity index (χ0n) is 10.7. The summed E-state index contributed by atoms with van der Waals surface area (Å²) in [5.74, 6) is 0.0182. The number of thiazole rings is 1. The van der Waals surface area contributed by atoms with E-state index in [4.69, 9.17) is 0 Å². The van der Waals surface area contributed by atoms with E-state index < -0.39 is 0 Å². The highest BCUT2D eigenvalue weighted by atomic mass is 32.1. The number of carbonyl (C=O) groups is 1. The molecule has 0 aliphatic carbocycles. The highest BCUT2D eigenvalue weighted by Crippen LogP contribution is 2.25. The molecule has 0 aliphatic rings. The maximum atomic E-state index is 11.8. The minimum atomic E-state index is -0.191. The van der Waals surface area contributed by atoms with Crippen molar-refractivity contribution in [1.29, 1.82) is 0 Å². The van der Waals surface area contributed by atoms with Gasteiger partial charge in [-0.05, 0) is 32.2 Å². The third-order valence-corrected chi connectivity index (χ3v) is 3.80. The van der Waals surface area contributed by atoms with Crippen molar-refractivity contribution in [3.63, 3.8) is 0 Å². The molecule has 0 saturated heterocycles. The van der Waals surface area contributed by atoms with Gasteiger partial charge in [0.2, 0.25) is 5.91 Å². The van der Waals surface area contributed by atoms with E-state index in [9.17, 15) is 4.79 Å². The lowest BCUT2D eigenvalue weighted by molar-refractivity contribution is -0.121. The second-order valence-electron chi connectivity index (χ2n) is 5.13. The summed E-state index contributed by atoms with van der Waals surface area (Å²) in [7, 11) is 0. The Bertz CT molecular complexity index is 523. The van der Waals surface area contributed by atoms with Gasteiger partial charge in [-0.1, -0.05) is 0 Å². The molecule has 5 heteroatoms. The van der Waals surface area contributed by atoms with Gasteiger partial charge >= 0.3 is 0 Å². The van der Waals surface area contributed by atoms with Crippen molar-refractivity contribution in [3.8, 4) is 10.6 Å². The van der Waals surface area contributed by atoms with Crippen LogP contribution in [0.3, 0.4) is 0 Å². The molecule has 1 N–H and O–H groups in total. The first-order chi connectivity index (χ1) is 8.44. The Morgan fingerprint density at radius 3 is 2.78 bits per heavy atom. The molecule has 0 radical (unpaired) electrons. The van der Waals surface area contributed by atoms with E-state index >= 15 is 0 Å². The maximum absolute atomic E-state index is 11.8. The average molecular weight is 280 g/mol. The number of hydrogen-bond donors (Lipinski definition) is 1. The maximum Gasteiger partial charge on any atom is 0.226 e. The van der Waals surface area contributed by atoms with Gasteiger partial charge in [-0.2, -0.15) is 11.3 Å². The molecule has 0 aromatic carbocycles. The predicted octanol–water partition coefficient (Wildman–Crippen LogP) is 3.33. The topological polar surface area (TPSA) is 42.0 Å². The number of hydrogen-bond acceptors (Lipinski definition) is 4. The Labute approximate surface area is 115 Å². The lowest BCUT2D eigenvalue weighted by atomic mass is 10.1. The van der Waals surface area contributed by atoms with Gasteiger partial charge in [0.15, 0.2) is 0 Å². The van der Waals surface area contributed by atoms with E-state index in [1.807, 2.05) is 37.6 Å². The van der Waals surface area contributed by atoms with Crippen molar-refractivity contribution in [2.75, 3.05) is 0 Å². The number of thiophene rings is 1. The zero-order valence-corrected chi connectivity index (χ0v) is 12.3. The summed E-state index contributed by atoms with van der Waals surface area (Å²) < 4.78 is 0. The fourth-order valence-electron chi connectivity index (χ4n) is 1.53. The van der Waals surface area contributed by atoms with E-state index in [0.717, 1.165) is 16.3 Å². The summed E-state index contributed by atoms with van der Waals surface area (Å²) >= 11 is 3.24. The van der Waals surface area contributed by atoms with Crippen molar-refractivity contribution in [2.24, 2.45) is 0 Å². The highest BCUT2D eigenvalue weighted by Gasteiger charge is 2.15. The largest absolute Gasteiger partial charge is 0.351 e. The highest BCUT2D eigenvalue weighted by molar-refractivity contribution is 7.14. The summed E-state index contributed by atoms with van der Waals surface area (Å²) in [6, 6.07) is 2.04. The third-order valence-electron chi connectivity index (χ3n) is 2.18. The third kappa shape index (κ3) is 3.65. The fourth-order valence-corrected chi connectivity index (χ4v) is 3.07. The molecule has 18 heavy (non-hydrogen) atoms. The van der Waals surface area contributed by atoms with Crippen LogP contribution in [0.15, 0.2) is 22.2 Å². The number of nitrogens with zero attached hydrogens (tertiary/aromatic N) is 1. The van der Waals surface area contributed by atoms with Gasteiger partial charge in [0, 0.05) is 21.9 Å². The first-order valence-electron chi connectivity index (χ1n) is 5.72. The van der Waals surface area contributed by atoms with Gasteiger partial charge in [-0.25, -0.2) is 4.98 Å². The van der Waals surface area contributed by atoms with Crippen molar-refractivity contribution in [2.45, 2.75) is 32.7 Å². The molecule has 0 bridgehead atoms. The second-order valence-corrected chi connectivity index (χ2v) is 6.77. The monoisotopic (exact) mass is 280 g/mol. The number of carbonyl (C=O) groups excluding carboxylic acids is 1. The molecule has 0 unspecified atom stereocenters. The summed E-state index contributed by atoms with van der Waals surface area (Å²) in [4.78, 5) is 16.3. The molecule has 0 fully saturated rings. The molecule has 0 aliphatic heterocycles. The van der Waals surface area contributed by atoms with Crippen LogP contribution in [0.4, 0.5) is 0 Å². The second kappa shape index (κ2) is 5.20.